The van der Waals surface area contributed by atoms with E-state index in [1.807, 2.05) is 60.7 Å². The van der Waals surface area contributed by atoms with Gasteiger partial charge in [0, 0.05) is 4.88 Å². The highest BCUT2D eigenvalue weighted by molar-refractivity contribution is 7.18. The van der Waals surface area contributed by atoms with Crippen LogP contribution in [-0.2, 0) is 12.8 Å². The van der Waals surface area contributed by atoms with Crippen molar-refractivity contribution in [1.82, 2.24) is 9.55 Å². The molecule has 0 unspecified atom stereocenters. The van der Waals surface area contributed by atoms with Crippen LogP contribution in [0.15, 0.2) is 70.6 Å². The van der Waals surface area contributed by atoms with Gasteiger partial charge in [-0.25, -0.2) is 15.0 Å². The van der Waals surface area contributed by atoms with E-state index in [2.05, 4.69) is 31.3 Å². The molecule has 6 heteroatoms. The monoisotopic (exact) mass is 456 g/mol. The van der Waals surface area contributed by atoms with Crippen molar-refractivity contribution < 1.29 is 0 Å². The third-order valence-electron chi connectivity index (χ3n) is 6.50. The molecule has 1 aliphatic carbocycles. The van der Waals surface area contributed by atoms with Gasteiger partial charge >= 0.3 is 0 Å². The molecule has 0 saturated heterocycles. The van der Waals surface area contributed by atoms with Crippen molar-refractivity contribution >= 4 is 33.7 Å². The van der Waals surface area contributed by atoms with Gasteiger partial charge in [-0.15, -0.1) is 11.3 Å². The van der Waals surface area contributed by atoms with Crippen molar-refractivity contribution in [3.63, 3.8) is 0 Å². The van der Waals surface area contributed by atoms with Gasteiger partial charge in [0.1, 0.15) is 4.83 Å². The highest BCUT2D eigenvalue weighted by Gasteiger charge is 2.32. The molecular formula is C27H28N4OS. The Morgan fingerprint density at radius 2 is 1.79 bits per heavy atom. The lowest BCUT2D eigenvalue weighted by atomic mass is 9.72. The standard InChI is InChI=1S/C27H28N4OS/c1-27(2,3)19-14-15-21-22(16-19)33-24-23(21)25(32)31(20-12-8-5-9-13-20)26(29-24)30-28-17-18-10-6-4-7-11-18/h4-13,17,19H,14-16H2,1-3H3,(H,29,30)/b28-17-/t19-/m0/s1. The number of benzene rings is 2. The number of aromatic nitrogens is 2. The number of fused-ring (bicyclic) bond motifs is 3. The van der Waals surface area contributed by atoms with E-state index in [1.54, 1.807) is 22.1 Å². The number of anilines is 1. The van der Waals surface area contributed by atoms with E-state index in [4.69, 9.17) is 4.98 Å². The molecular weight excluding hydrogens is 428 g/mol. The number of aryl methyl sites for hydroxylation is 1. The Morgan fingerprint density at radius 1 is 1.09 bits per heavy atom. The Labute approximate surface area is 197 Å². The molecule has 0 spiro atoms. The third-order valence-corrected chi connectivity index (χ3v) is 7.65. The summed E-state index contributed by atoms with van der Waals surface area (Å²) in [5.41, 5.74) is 6.20. The average Bonchev–Trinajstić information content (AvgIpc) is 3.18. The van der Waals surface area contributed by atoms with Gasteiger partial charge in [-0.05, 0) is 53.9 Å². The summed E-state index contributed by atoms with van der Waals surface area (Å²) < 4.78 is 1.65. The maximum atomic E-state index is 13.8. The van der Waals surface area contributed by atoms with Crippen molar-refractivity contribution in [2.45, 2.75) is 40.0 Å². The molecule has 1 aliphatic rings. The van der Waals surface area contributed by atoms with Crippen LogP contribution < -0.4 is 11.0 Å². The van der Waals surface area contributed by atoms with Crippen LogP contribution in [0.4, 0.5) is 5.95 Å². The summed E-state index contributed by atoms with van der Waals surface area (Å²) in [5, 5.41) is 5.15. The molecule has 5 nitrogen and oxygen atoms in total. The molecule has 4 aromatic rings. The van der Waals surface area contributed by atoms with Gasteiger partial charge in [-0.3, -0.25) is 4.79 Å². The maximum Gasteiger partial charge on any atom is 0.268 e. The highest BCUT2D eigenvalue weighted by atomic mass is 32.1. The first-order valence-electron chi connectivity index (χ1n) is 11.4. The maximum absolute atomic E-state index is 13.8. The van der Waals surface area contributed by atoms with E-state index in [1.165, 1.54) is 10.4 Å². The normalized spacial score (nSPS) is 16.3. The van der Waals surface area contributed by atoms with E-state index < -0.39 is 0 Å². The van der Waals surface area contributed by atoms with Crippen LogP contribution in [0.3, 0.4) is 0 Å². The molecule has 0 radical (unpaired) electrons. The van der Waals surface area contributed by atoms with Gasteiger partial charge in [0.05, 0.1) is 17.3 Å². The predicted octanol–water partition coefficient (Wildman–Crippen LogP) is 6.04. The molecule has 168 valence electrons. The lowest BCUT2D eigenvalue weighted by Crippen LogP contribution is -2.27. The Hall–Kier alpha value is -3.25. The summed E-state index contributed by atoms with van der Waals surface area (Å²) in [7, 11) is 0. The highest BCUT2D eigenvalue weighted by Crippen LogP contribution is 2.42. The van der Waals surface area contributed by atoms with Crippen LogP contribution in [0, 0.1) is 11.3 Å². The molecule has 1 N–H and O–H groups in total. The van der Waals surface area contributed by atoms with E-state index in [9.17, 15) is 4.79 Å². The average molecular weight is 457 g/mol. The summed E-state index contributed by atoms with van der Waals surface area (Å²) in [5.74, 6) is 1.04. The van der Waals surface area contributed by atoms with Crippen molar-refractivity contribution in [2.24, 2.45) is 16.4 Å². The largest absolute Gasteiger partial charge is 0.268 e. The van der Waals surface area contributed by atoms with Gasteiger partial charge in [0.25, 0.3) is 5.56 Å². The number of para-hydroxylation sites is 1. The topological polar surface area (TPSA) is 59.3 Å². The van der Waals surface area contributed by atoms with Gasteiger partial charge in [0.2, 0.25) is 5.95 Å². The summed E-state index contributed by atoms with van der Waals surface area (Å²) in [6, 6.07) is 19.5. The number of rotatable bonds is 4. The molecule has 0 bridgehead atoms. The summed E-state index contributed by atoms with van der Waals surface area (Å²) >= 11 is 1.67. The fourth-order valence-corrected chi connectivity index (χ4v) is 5.85. The summed E-state index contributed by atoms with van der Waals surface area (Å²) in [6.07, 6.45) is 4.79. The summed E-state index contributed by atoms with van der Waals surface area (Å²) in [4.78, 5) is 20.8. The minimum atomic E-state index is -0.0321. The first-order valence-corrected chi connectivity index (χ1v) is 12.2. The Morgan fingerprint density at radius 3 is 2.48 bits per heavy atom. The van der Waals surface area contributed by atoms with Crippen molar-refractivity contribution in [1.29, 1.82) is 0 Å². The molecule has 33 heavy (non-hydrogen) atoms. The number of nitrogens with one attached hydrogen (secondary N) is 1. The number of hydrogen-bond donors (Lipinski definition) is 1. The van der Waals surface area contributed by atoms with Crippen molar-refractivity contribution in [3.05, 3.63) is 87.0 Å². The first-order chi connectivity index (χ1) is 15.9. The fourth-order valence-electron chi connectivity index (χ4n) is 4.56. The minimum absolute atomic E-state index is 0.0321. The van der Waals surface area contributed by atoms with Crippen LogP contribution in [0.1, 0.15) is 43.2 Å². The van der Waals surface area contributed by atoms with Crippen LogP contribution in [-0.4, -0.2) is 15.8 Å². The lowest BCUT2D eigenvalue weighted by Gasteiger charge is -2.33. The van der Waals surface area contributed by atoms with Crippen molar-refractivity contribution in [2.75, 3.05) is 5.43 Å². The van der Waals surface area contributed by atoms with E-state index in [0.717, 1.165) is 40.7 Å². The van der Waals surface area contributed by atoms with Gasteiger partial charge < -0.3 is 0 Å². The zero-order valence-electron chi connectivity index (χ0n) is 19.2. The Balaban J connectivity index is 1.62. The molecule has 2 aromatic carbocycles. The molecule has 0 amide bonds. The third kappa shape index (κ3) is 4.23. The molecule has 2 heterocycles. The van der Waals surface area contributed by atoms with Crippen LogP contribution in [0.5, 0.6) is 0 Å². The second-order valence-corrected chi connectivity index (χ2v) is 10.8. The second-order valence-electron chi connectivity index (χ2n) is 9.68. The molecule has 1 atom stereocenters. The van der Waals surface area contributed by atoms with Gasteiger partial charge in [-0.2, -0.15) is 5.10 Å². The lowest BCUT2D eigenvalue weighted by molar-refractivity contribution is 0.218. The Kier molecular flexibility index (Phi) is 5.62. The van der Waals surface area contributed by atoms with Crippen molar-refractivity contribution in [3.8, 4) is 5.69 Å². The summed E-state index contributed by atoms with van der Waals surface area (Å²) in [6.45, 7) is 6.93. The van der Waals surface area contributed by atoms with E-state index in [0.29, 0.717) is 11.9 Å². The zero-order chi connectivity index (χ0) is 23.0. The SMILES string of the molecule is CC(C)(C)[C@H]1CCc2c(sc3nc(N/N=C\c4ccccc4)n(-c4ccccc4)c(=O)c23)C1. The number of thiophene rings is 1. The fraction of sp³-hybridized carbons (Fsp3) is 0.296. The first kappa shape index (κ1) is 21.6. The zero-order valence-corrected chi connectivity index (χ0v) is 20.0. The minimum Gasteiger partial charge on any atom is -0.268 e. The van der Waals surface area contributed by atoms with Crippen LogP contribution in [0.25, 0.3) is 15.9 Å². The van der Waals surface area contributed by atoms with Gasteiger partial charge in [-0.1, -0.05) is 69.3 Å². The smallest absolute Gasteiger partial charge is 0.268 e. The van der Waals surface area contributed by atoms with E-state index >= 15 is 0 Å². The molecule has 0 aliphatic heterocycles. The number of nitrogens with zero attached hydrogens (tertiary/aromatic N) is 3. The number of hydrazone groups is 1. The van der Waals surface area contributed by atoms with Gasteiger partial charge in [0.15, 0.2) is 0 Å². The van der Waals surface area contributed by atoms with E-state index in [-0.39, 0.29) is 11.0 Å². The quantitative estimate of drug-likeness (QED) is 0.301. The molecule has 0 saturated carbocycles. The Bertz CT molecular complexity index is 1360. The second kappa shape index (κ2) is 8.60. The molecule has 0 fully saturated rings. The van der Waals surface area contributed by atoms with Crippen LogP contribution >= 0.6 is 11.3 Å². The predicted molar refractivity (Wildman–Crippen MR) is 138 cm³/mol. The molecule has 2 aromatic heterocycles. The van der Waals surface area contributed by atoms with Crippen LogP contribution in [0.2, 0.25) is 0 Å². The molecule has 5 rings (SSSR count). The number of hydrogen-bond acceptors (Lipinski definition) is 5.